The van der Waals surface area contributed by atoms with E-state index in [4.69, 9.17) is 26.4 Å². The molecule has 2 aromatic heterocycles. The van der Waals surface area contributed by atoms with Crippen LogP contribution in [0.2, 0.25) is 0 Å². The fourth-order valence-electron chi connectivity index (χ4n) is 4.03. The monoisotopic (exact) mass is 552 g/mol. The fourth-order valence-corrected chi connectivity index (χ4v) is 5.26. The molecule has 11 heteroatoms. The van der Waals surface area contributed by atoms with Gasteiger partial charge in [0.15, 0.2) is 16.6 Å². The van der Waals surface area contributed by atoms with Gasteiger partial charge < -0.3 is 24.8 Å². The number of aromatic nitrogens is 2. The van der Waals surface area contributed by atoms with Gasteiger partial charge >= 0.3 is 5.97 Å². The van der Waals surface area contributed by atoms with Gasteiger partial charge in [0.1, 0.15) is 16.3 Å². The lowest BCUT2D eigenvalue weighted by molar-refractivity contribution is 0.0529. The Morgan fingerprint density at radius 1 is 1.05 bits per heavy atom. The molecule has 38 heavy (non-hydrogen) atoms. The summed E-state index contributed by atoms with van der Waals surface area (Å²) in [5, 5.41) is 8.61. The summed E-state index contributed by atoms with van der Waals surface area (Å²) in [5.41, 5.74) is 3.26. The number of hydrogen-bond donors (Lipinski definition) is 2. The first-order chi connectivity index (χ1) is 18.3. The Morgan fingerprint density at radius 3 is 2.42 bits per heavy atom. The summed E-state index contributed by atoms with van der Waals surface area (Å²) in [7, 11) is 4.92. The molecule has 198 valence electrons. The van der Waals surface area contributed by atoms with Crippen molar-refractivity contribution in [3.63, 3.8) is 0 Å². The molecule has 0 fully saturated rings. The number of carbonyl (C=O) groups is 1. The third-order valence-electron chi connectivity index (χ3n) is 5.98. The van der Waals surface area contributed by atoms with Gasteiger partial charge in [0, 0.05) is 18.0 Å². The number of hydrogen-bond acceptors (Lipinski definition) is 7. The van der Waals surface area contributed by atoms with Crippen LogP contribution in [0, 0.1) is 6.92 Å². The zero-order valence-corrected chi connectivity index (χ0v) is 23.3. The molecule has 0 saturated carbocycles. The van der Waals surface area contributed by atoms with Crippen LogP contribution in [0.5, 0.6) is 11.5 Å². The van der Waals surface area contributed by atoms with E-state index in [1.165, 1.54) is 11.3 Å². The minimum atomic E-state index is -0.494. The van der Waals surface area contributed by atoms with Crippen molar-refractivity contribution in [3.05, 3.63) is 75.5 Å². The van der Waals surface area contributed by atoms with E-state index in [0.717, 1.165) is 11.3 Å². The highest BCUT2D eigenvalue weighted by Gasteiger charge is 2.24. The van der Waals surface area contributed by atoms with Crippen LogP contribution < -0.4 is 25.7 Å². The van der Waals surface area contributed by atoms with Crippen LogP contribution in [-0.2, 0) is 11.8 Å². The maximum absolute atomic E-state index is 13.3. The summed E-state index contributed by atoms with van der Waals surface area (Å²) in [4.78, 5) is 26.3. The van der Waals surface area contributed by atoms with E-state index in [2.05, 4.69) is 10.6 Å². The minimum Gasteiger partial charge on any atom is -0.493 e. The van der Waals surface area contributed by atoms with Gasteiger partial charge in [-0.25, -0.2) is 9.48 Å². The number of thiocarbonyl (C=S) groups is 1. The minimum absolute atomic E-state index is 0.169. The maximum Gasteiger partial charge on any atom is 0.341 e. The van der Waals surface area contributed by atoms with Gasteiger partial charge in [-0.3, -0.25) is 9.48 Å². The molecule has 0 aliphatic carbocycles. The standard InChI is InChI=1S/C27H28N4O5S2/c1-6-36-26(33)22-19(17-12-13-20(34-4)21(14-17)35-5)15-38-24(22)29-27(37)28-23-16(2)30(3)31(25(23)32)18-10-8-7-9-11-18/h7-15H,6H2,1-5H3,(H2,28,29,37). The van der Waals surface area contributed by atoms with Crippen molar-refractivity contribution < 1.29 is 19.0 Å². The molecule has 9 nitrogen and oxygen atoms in total. The molecule has 2 N–H and O–H groups in total. The third kappa shape index (κ3) is 5.15. The molecular formula is C27H28N4O5S2. The maximum atomic E-state index is 13.3. The molecule has 0 radical (unpaired) electrons. The highest BCUT2D eigenvalue weighted by molar-refractivity contribution is 7.80. The van der Waals surface area contributed by atoms with Crippen molar-refractivity contribution in [1.29, 1.82) is 0 Å². The summed E-state index contributed by atoms with van der Waals surface area (Å²) < 4.78 is 19.4. The Labute approximate surface area is 229 Å². The normalized spacial score (nSPS) is 10.7. The Morgan fingerprint density at radius 2 is 1.76 bits per heavy atom. The number of nitrogens with one attached hydrogen (secondary N) is 2. The average molecular weight is 553 g/mol. The molecule has 0 atom stereocenters. The van der Waals surface area contributed by atoms with E-state index in [-0.39, 0.29) is 17.3 Å². The number of anilines is 2. The van der Waals surface area contributed by atoms with Crippen LogP contribution in [0.15, 0.2) is 58.7 Å². The van der Waals surface area contributed by atoms with E-state index in [1.807, 2.05) is 48.7 Å². The number of esters is 1. The van der Waals surface area contributed by atoms with Crippen molar-refractivity contribution >= 4 is 45.3 Å². The third-order valence-corrected chi connectivity index (χ3v) is 7.08. The molecule has 0 saturated heterocycles. The molecule has 2 aromatic carbocycles. The zero-order chi connectivity index (χ0) is 27.4. The SMILES string of the molecule is CCOC(=O)c1c(-c2ccc(OC)c(OC)c2)csc1NC(=S)Nc1c(C)n(C)n(-c2ccccc2)c1=O. The number of rotatable bonds is 8. The summed E-state index contributed by atoms with van der Waals surface area (Å²) in [6.07, 6.45) is 0. The number of thiophene rings is 1. The van der Waals surface area contributed by atoms with E-state index in [1.54, 1.807) is 49.7 Å². The second-order valence-electron chi connectivity index (χ2n) is 8.16. The molecule has 0 bridgehead atoms. The Balaban J connectivity index is 1.67. The highest BCUT2D eigenvalue weighted by Crippen LogP contribution is 2.39. The van der Waals surface area contributed by atoms with Gasteiger partial charge in [0.05, 0.1) is 32.2 Å². The van der Waals surface area contributed by atoms with Crippen molar-refractivity contribution in [2.75, 3.05) is 31.5 Å². The first-order valence-corrected chi connectivity index (χ1v) is 13.0. The zero-order valence-electron chi connectivity index (χ0n) is 21.7. The first-order valence-electron chi connectivity index (χ1n) is 11.7. The molecule has 4 rings (SSSR count). The highest BCUT2D eigenvalue weighted by atomic mass is 32.1. The number of nitrogens with zero attached hydrogens (tertiary/aromatic N) is 2. The topological polar surface area (TPSA) is 95.8 Å². The second kappa shape index (κ2) is 11.5. The van der Waals surface area contributed by atoms with Crippen LogP contribution in [0.25, 0.3) is 16.8 Å². The lowest BCUT2D eigenvalue weighted by Crippen LogP contribution is -2.25. The predicted octanol–water partition coefficient (Wildman–Crippen LogP) is 5.22. The number of para-hydroxylation sites is 1. The molecular weight excluding hydrogens is 524 g/mol. The van der Waals surface area contributed by atoms with Crippen LogP contribution in [0.4, 0.5) is 10.7 Å². The van der Waals surface area contributed by atoms with Crippen molar-refractivity contribution in [3.8, 4) is 28.3 Å². The summed E-state index contributed by atoms with van der Waals surface area (Å²) in [6, 6.07) is 14.7. The Hall–Kier alpha value is -4.09. The number of carbonyl (C=O) groups excluding carboxylic acids is 1. The lowest BCUT2D eigenvalue weighted by atomic mass is 10.0. The molecule has 0 unspecified atom stereocenters. The van der Waals surface area contributed by atoms with Crippen molar-refractivity contribution in [2.24, 2.45) is 7.05 Å². The summed E-state index contributed by atoms with van der Waals surface area (Å²) in [5.74, 6) is 0.616. The molecule has 0 amide bonds. The number of ether oxygens (including phenoxy) is 3. The van der Waals surface area contributed by atoms with Gasteiger partial charge in [0.2, 0.25) is 0 Å². The van der Waals surface area contributed by atoms with Gasteiger partial charge in [0.25, 0.3) is 5.56 Å². The van der Waals surface area contributed by atoms with E-state index >= 15 is 0 Å². The first kappa shape index (κ1) is 27.0. The molecule has 0 aliphatic rings. The van der Waals surface area contributed by atoms with Crippen LogP contribution in [-0.4, -0.2) is 41.3 Å². The van der Waals surface area contributed by atoms with Crippen LogP contribution in [0.3, 0.4) is 0 Å². The molecule has 2 heterocycles. The summed E-state index contributed by atoms with van der Waals surface area (Å²) in [6.45, 7) is 3.79. The number of methoxy groups -OCH3 is 2. The molecule has 0 spiro atoms. The van der Waals surface area contributed by atoms with Gasteiger partial charge in [-0.2, -0.15) is 0 Å². The van der Waals surface area contributed by atoms with E-state index < -0.39 is 5.97 Å². The Bertz CT molecular complexity index is 1540. The quantitative estimate of drug-likeness (QED) is 0.227. The van der Waals surface area contributed by atoms with Gasteiger partial charge in [-0.15, -0.1) is 11.3 Å². The second-order valence-corrected chi connectivity index (χ2v) is 9.45. The van der Waals surface area contributed by atoms with E-state index in [0.29, 0.717) is 39.0 Å². The van der Waals surface area contributed by atoms with Crippen molar-refractivity contribution in [2.45, 2.75) is 13.8 Å². The van der Waals surface area contributed by atoms with Crippen LogP contribution in [0.1, 0.15) is 23.0 Å². The molecule has 0 aliphatic heterocycles. The summed E-state index contributed by atoms with van der Waals surface area (Å²) >= 11 is 6.86. The largest absolute Gasteiger partial charge is 0.493 e. The van der Waals surface area contributed by atoms with Gasteiger partial charge in [-0.1, -0.05) is 24.3 Å². The fraction of sp³-hybridized carbons (Fsp3) is 0.222. The van der Waals surface area contributed by atoms with Gasteiger partial charge in [-0.05, 0) is 55.9 Å². The van der Waals surface area contributed by atoms with Crippen molar-refractivity contribution in [1.82, 2.24) is 9.36 Å². The molecule has 4 aromatic rings. The van der Waals surface area contributed by atoms with Crippen LogP contribution >= 0.6 is 23.6 Å². The Kier molecular flexibility index (Phi) is 8.18. The lowest BCUT2D eigenvalue weighted by Gasteiger charge is -2.12. The average Bonchev–Trinajstić information content (AvgIpc) is 3.43. The predicted molar refractivity (Wildman–Crippen MR) is 154 cm³/mol. The smallest absolute Gasteiger partial charge is 0.341 e. The van der Waals surface area contributed by atoms with E-state index in [9.17, 15) is 9.59 Å². The number of benzene rings is 2.